The lowest BCUT2D eigenvalue weighted by molar-refractivity contribution is -0.144. The van der Waals surface area contributed by atoms with Gasteiger partial charge in [0.25, 0.3) is 5.91 Å². The molecule has 4 rings (SSSR count). The number of rotatable bonds is 12. The Bertz CT molecular complexity index is 1190. The molecule has 206 valence electrons. The quantitative estimate of drug-likeness (QED) is 0.269. The molecule has 0 radical (unpaired) electrons. The number of likely N-dealkylation sites (tertiary alicyclic amines) is 1. The van der Waals surface area contributed by atoms with Gasteiger partial charge in [-0.25, -0.2) is 0 Å². The van der Waals surface area contributed by atoms with Gasteiger partial charge < -0.3 is 15.0 Å². The Morgan fingerprint density at radius 1 is 0.897 bits per heavy atom. The van der Waals surface area contributed by atoms with Gasteiger partial charge in [-0.2, -0.15) is 0 Å². The van der Waals surface area contributed by atoms with E-state index in [4.69, 9.17) is 4.74 Å². The summed E-state index contributed by atoms with van der Waals surface area (Å²) in [5.41, 5.74) is 3.77. The van der Waals surface area contributed by atoms with Gasteiger partial charge in [-0.3, -0.25) is 9.59 Å². The molecule has 1 aliphatic rings. The molecule has 1 aliphatic heterocycles. The predicted octanol–water partition coefficient (Wildman–Crippen LogP) is 6.63. The Labute approximate surface area is 233 Å². The number of piperidine rings is 1. The third-order valence-electron chi connectivity index (χ3n) is 8.16. The van der Waals surface area contributed by atoms with Gasteiger partial charge in [0.15, 0.2) is 0 Å². The number of esters is 1. The van der Waals surface area contributed by atoms with Crippen LogP contribution in [-0.4, -0.2) is 49.1 Å². The third-order valence-corrected chi connectivity index (χ3v) is 8.16. The molecule has 1 amide bonds. The van der Waals surface area contributed by atoms with Crippen molar-refractivity contribution in [3.05, 3.63) is 96.1 Å². The molecule has 0 spiro atoms. The number of carbonyl (C=O) groups excluding carboxylic acids is 2. The summed E-state index contributed by atoms with van der Waals surface area (Å²) in [5.74, 6) is -0.115. The van der Waals surface area contributed by atoms with Crippen molar-refractivity contribution in [3.8, 4) is 11.1 Å². The zero-order chi connectivity index (χ0) is 27.5. The highest BCUT2D eigenvalue weighted by molar-refractivity contribution is 6.01. The van der Waals surface area contributed by atoms with E-state index in [1.165, 1.54) is 5.56 Å². The molecule has 5 heteroatoms. The maximum atomic E-state index is 13.2. The molecular formula is C34H42N2O3. The van der Waals surface area contributed by atoms with E-state index in [2.05, 4.69) is 41.4 Å². The van der Waals surface area contributed by atoms with E-state index in [1.807, 2.05) is 67.6 Å². The van der Waals surface area contributed by atoms with E-state index < -0.39 is 0 Å². The van der Waals surface area contributed by atoms with E-state index in [9.17, 15) is 9.59 Å². The Hall–Kier alpha value is -3.44. The Kier molecular flexibility index (Phi) is 10.3. The minimum Gasteiger partial charge on any atom is -0.466 e. The van der Waals surface area contributed by atoms with Gasteiger partial charge in [0.2, 0.25) is 0 Å². The molecule has 1 heterocycles. The van der Waals surface area contributed by atoms with Crippen LogP contribution in [0.1, 0.15) is 68.3 Å². The minimum atomic E-state index is -0.202. The normalized spacial score (nSPS) is 15.8. The molecule has 1 N–H and O–H groups in total. The van der Waals surface area contributed by atoms with Crippen molar-refractivity contribution in [3.63, 3.8) is 0 Å². The van der Waals surface area contributed by atoms with Crippen LogP contribution in [0, 0.1) is 0 Å². The molecule has 0 saturated carbocycles. The number of hydrogen-bond donors (Lipinski definition) is 1. The van der Waals surface area contributed by atoms with Gasteiger partial charge in [-0.15, -0.1) is 0 Å². The van der Waals surface area contributed by atoms with Crippen molar-refractivity contribution >= 4 is 11.9 Å². The van der Waals surface area contributed by atoms with Crippen molar-refractivity contribution < 1.29 is 14.3 Å². The number of hydrogen-bond acceptors (Lipinski definition) is 4. The summed E-state index contributed by atoms with van der Waals surface area (Å²) in [6.07, 6.45) is 5.16. The van der Waals surface area contributed by atoms with Crippen molar-refractivity contribution in [2.24, 2.45) is 0 Å². The van der Waals surface area contributed by atoms with Gasteiger partial charge in [0, 0.05) is 30.1 Å². The Balaban J connectivity index is 1.30. The summed E-state index contributed by atoms with van der Waals surface area (Å²) in [4.78, 5) is 28.2. The first-order chi connectivity index (χ1) is 19.0. The zero-order valence-electron chi connectivity index (χ0n) is 23.4. The van der Waals surface area contributed by atoms with Crippen LogP contribution in [0.25, 0.3) is 11.1 Å². The number of nitrogens with one attached hydrogen (secondary N) is 1. The summed E-state index contributed by atoms with van der Waals surface area (Å²) < 4.78 is 5.34. The molecule has 0 aliphatic carbocycles. The van der Waals surface area contributed by atoms with Gasteiger partial charge in [-0.05, 0) is 68.3 Å². The van der Waals surface area contributed by atoms with Crippen LogP contribution in [0.2, 0.25) is 0 Å². The maximum absolute atomic E-state index is 13.2. The van der Waals surface area contributed by atoms with Crippen molar-refractivity contribution in [1.82, 2.24) is 10.2 Å². The fourth-order valence-corrected chi connectivity index (χ4v) is 5.88. The lowest BCUT2D eigenvalue weighted by atomic mass is 9.72. The van der Waals surface area contributed by atoms with E-state index in [0.29, 0.717) is 13.0 Å². The second-order valence-corrected chi connectivity index (χ2v) is 10.6. The van der Waals surface area contributed by atoms with Crippen LogP contribution in [-0.2, 0) is 14.9 Å². The number of benzene rings is 3. The van der Waals surface area contributed by atoms with Crippen molar-refractivity contribution in [1.29, 1.82) is 0 Å². The lowest BCUT2D eigenvalue weighted by Crippen LogP contribution is -2.45. The first-order valence-corrected chi connectivity index (χ1v) is 14.4. The summed E-state index contributed by atoms with van der Waals surface area (Å²) >= 11 is 0. The fourth-order valence-electron chi connectivity index (χ4n) is 5.88. The van der Waals surface area contributed by atoms with Gasteiger partial charge in [0.05, 0.1) is 13.0 Å². The number of carbonyl (C=O) groups is 2. The second kappa shape index (κ2) is 14.1. The molecule has 1 atom stereocenters. The zero-order valence-corrected chi connectivity index (χ0v) is 23.4. The Morgan fingerprint density at radius 2 is 1.54 bits per heavy atom. The number of nitrogens with zero attached hydrogens (tertiary/aromatic N) is 1. The third kappa shape index (κ3) is 7.57. The smallest absolute Gasteiger partial charge is 0.306 e. The first-order valence-electron chi connectivity index (χ1n) is 14.4. The van der Waals surface area contributed by atoms with Crippen LogP contribution in [0.3, 0.4) is 0 Å². The largest absolute Gasteiger partial charge is 0.466 e. The molecule has 1 saturated heterocycles. The van der Waals surface area contributed by atoms with Crippen LogP contribution in [0.15, 0.2) is 84.9 Å². The maximum Gasteiger partial charge on any atom is 0.306 e. The lowest BCUT2D eigenvalue weighted by Gasteiger charge is -2.35. The summed E-state index contributed by atoms with van der Waals surface area (Å²) in [5, 5.41) is 3.29. The van der Waals surface area contributed by atoms with E-state index >= 15 is 0 Å². The highest BCUT2D eigenvalue weighted by Gasteiger charge is 2.33. The minimum absolute atomic E-state index is 0.00228. The van der Waals surface area contributed by atoms with E-state index in [-0.39, 0.29) is 23.3 Å². The summed E-state index contributed by atoms with van der Waals surface area (Å²) in [7, 11) is 0. The summed E-state index contributed by atoms with van der Waals surface area (Å²) in [6.45, 7) is 7.38. The first kappa shape index (κ1) is 28.6. The van der Waals surface area contributed by atoms with Crippen LogP contribution >= 0.6 is 0 Å². The number of amides is 1. The van der Waals surface area contributed by atoms with Gasteiger partial charge in [0.1, 0.15) is 0 Å². The monoisotopic (exact) mass is 526 g/mol. The van der Waals surface area contributed by atoms with Crippen molar-refractivity contribution in [2.45, 2.75) is 63.8 Å². The molecule has 3 aromatic carbocycles. The average Bonchev–Trinajstić information content (AvgIpc) is 2.98. The van der Waals surface area contributed by atoms with Gasteiger partial charge >= 0.3 is 5.97 Å². The van der Waals surface area contributed by atoms with E-state index in [0.717, 1.165) is 68.4 Å². The fraction of sp³-hybridized carbons (Fsp3) is 0.412. The molecule has 3 aromatic rings. The van der Waals surface area contributed by atoms with Crippen LogP contribution in [0.4, 0.5) is 0 Å². The van der Waals surface area contributed by atoms with E-state index in [1.54, 1.807) is 0 Å². The second-order valence-electron chi connectivity index (χ2n) is 10.6. The standard InChI is InChI=1S/C34H42N2O3/c1-3-34(26-32(37)39-4-2,28-16-9-6-10-17-28)22-13-23-36-24-20-29(21-25-36)35-33(38)31-19-12-11-18-30(31)27-14-7-5-8-15-27/h5-12,14-19,29H,3-4,13,20-26H2,1-2H3,(H,35,38). The highest BCUT2D eigenvalue weighted by atomic mass is 16.5. The topological polar surface area (TPSA) is 58.6 Å². The summed E-state index contributed by atoms with van der Waals surface area (Å²) in [6, 6.07) is 28.5. The van der Waals surface area contributed by atoms with Crippen molar-refractivity contribution in [2.75, 3.05) is 26.2 Å². The Morgan fingerprint density at radius 3 is 2.21 bits per heavy atom. The van der Waals surface area contributed by atoms with Gasteiger partial charge in [-0.1, -0.05) is 85.8 Å². The number of ether oxygens (including phenoxy) is 1. The predicted molar refractivity (Wildman–Crippen MR) is 158 cm³/mol. The van der Waals surface area contributed by atoms with Crippen LogP contribution in [0.5, 0.6) is 0 Å². The highest BCUT2D eigenvalue weighted by Crippen LogP contribution is 2.37. The SMILES string of the molecule is CCOC(=O)CC(CC)(CCCN1CCC(NC(=O)c2ccccc2-c2ccccc2)CC1)c1ccccc1. The molecular weight excluding hydrogens is 484 g/mol. The molecule has 0 aromatic heterocycles. The average molecular weight is 527 g/mol. The van der Waals surface area contributed by atoms with Crippen LogP contribution < -0.4 is 5.32 Å². The molecule has 1 unspecified atom stereocenters. The molecule has 39 heavy (non-hydrogen) atoms. The molecule has 1 fully saturated rings. The molecule has 0 bridgehead atoms. The molecule has 5 nitrogen and oxygen atoms in total.